The third-order valence-corrected chi connectivity index (χ3v) is 6.02. The Hall–Kier alpha value is -2.69. The summed E-state index contributed by atoms with van der Waals surface area (Å²) in [6.45, 7) is 5.96. The first-order chi connectivity index (χ1) is 14.8. The standard InChI is InChI=1S/C21H29F2N5O3S/c1-20(2,3)13-31-19-26-17(16(24)18(27-19)28-10-9-21(22,23)12-28)25-11-14-7-5-6-8-15(14)32(4,29)30/h5-8H,9-13,24H2,1-4H3,(H,25,26,27). The van der Waals surface area contributed by atoms with Gasteiger partial charge in [-0.1, -0.05) is 39.0 Å². The van der Waals surface area contributed by atoms with Gasteiger partial charge in [-0.25, -0.2) is 17.2 Å². The van der Waals surface area contributed by atoms with Crippen molar-refractivity contribution in [2.75, 3.05) is 41.9 Å². The smallest absolute Gasteiger partial charge is 0.320 e. The third-order valence-electron chi connectivity index (χ3n) is 4.83. The van der Waals surface area contributed by atoms with Crippen LogP contribution in [0.3, 0.4) is 0 Å². The maximum atomic E-state index is 13.8. The second-order valence-corrected chi connectivity index (χ2v) is 11.2. The third kappa shape index (κ3) is 5.96. The maximum Gasteiger partial charge on any atom is 0.320 e. The number of ether oxygens (including phenoxy) is 1. The molecule has 1 aliphatic heterocycles. The average molecular weight is 470 g/mol. The molecule has 1 fully saturated rings. The zero-order valence-corrected chi connectivity index (χ0v) is 19.5. The largest absolute Gasteiger partial charge is 0.463 e. The predicted molar refractivity (Wildman–Crippen MR) is 120 cm³/mol. The van der Waals surface area contributed by atoms with Crippen molar-refractivity contribution in [3.8, 4) is 6.01 Å². The quantitative estimate of drug-likeness (QED) is 0.635. The number of aromatic nitrogens is 2. The topological polar surface area (TPSA) is 110 Å². The van der Waals surface area contributed by atoms with E-state index in [9.17, 15) is 17.2 Å². The van der Waals surface area contributed by atoms with Gasteiger partial charge in [0.1, 0.15) is 5.69 Å². The summed E-state index contributed by atoms with van der Waals surface area (Å²) in [6.07, 6.45) is 0.841. The first kappa shape index (κ1) is 24.0. The molecule has 2 heterocycles. The summed E-state index contributed by atoms with van der Waals surface area (Å²) in [6, 6.07) is 6.58. The Morgan fingerprint density at radius 2 is 1.94 bits per heavy atom. The Bertz CT molecular complexity index is 1090. The SMILES string of the molecule is CC(C)(C)COc1nc(NCc2ccccc2S(C)(=O)=O)c(N)c(N2CCC(F)(F)C2)n1. The molecule has 2 aromatic rings. The molecule has 3 N–H and O–H groups in total. The number of nitrogens with two attached hydrogens (primary N) is 1. The van der Waals surface area contributed by atoms with Crippen LogP contribution in [0.5, 0.6) is 6.01 Å². The molecule has 1 aromatic carbocycles. The van der Waals surface area contributed by atoms with Crippen LogP contribution in [0, 0.1) is 5.41 Å². The summed E-state index contributed by atoms with van der Waals surface area (Å²) in [4.78, 5) is 10.2. The van der Waals surface area contributed by atoms with E-state index in [-0.39, 0.29) is 53.2 Å². The highest BCUT2D eigenvalue weighted by Gasteiger charge is 2.40. The number of nitrogen functional groups attached to an aromatic ring is 1. The summed E-state index contributed by atoms with van der Waals surface area (Å²) in [5.41, 5.74) is 6.70. The zero-order chi connectivity index (χ0) is 23.7. The van der Waals surface area contributed by atoms with E-state index in [1.165, 1.54) is 11.0 Å². The number of anilines is 3. The van der Waals surface area contributed by atoms with E-state index in [0.717, 1.165) is 6.26 Å². The van der Waals surface area contributed by atoms with Gasteiger partial charge in [0, 0.05) is 25.8 Å². The molecule has 8 nitrogen and oxygen atoms in total. The number of benzene rings is 1. The Morgan fingerprint density at radius 3 is 2.53 bits per heavy atom. The van der Waals surface area contributed by atoms with Crippen LogP contribution in [0.1, 0.15) is 32.8 Å². The predicted octanol–water partition coefficient (Wildman–Crippen LogP) is 3.34. The van der Waals surface area contributed by atoms with Crippen molar-refractivity contribution in [1.29, 1.82) is 0 Å². The molecule has 176 valence electrons. The molecule has 0 saturated carbocycles. The molecule has 0 radical (unpaired) electrons. The zero-order valence-electron chi connectivity index (χ0n) is 18.7. The van der Waals surface area contributed by atoms with Crippen LogP contribution < -0.4 is 20.7 Å². The van der Waals surface area contributed by atoms with Gasteiger partial charge in [0.2, 0.25) is 0 Å². The van der Waals surface area contributed by atoms with Crippen LogP contribution in [0.25, 0.3) is 0 Å². The van der Waals surface area contributed by atoms with Crippen molar-refractivity contribution in [1.82, 2.24) is 9.97 Å². The van der Waals surface area contributed by atoms with Gasteiger partial charge in [0.15, 0.2) is 21.5 Å². The molecular weight excluding hydrogens is 440 g/mol. The van der Waals surface area contributed by atoms with E-state index in [0.29, 0.717) is 12.2 Å². The number of rotatable bonds is 7. The maximum absolute atomic E-state index is 13.8. The monoisotopic (exact) mass is 469 g/mol. The van der Waals surface area contributed by atoms with E-state index in [1.54, 1.807) is 18.2 Å². The molecule has 32 heavy (non-hydrogen) atoms. The molecule has 3 rings (SSSR count). The minimum atomic E-state index is -3.44. The molecule has 1 aromatic heterocycles. The molecule has 1 saturated heterocycles. The number of sulfone groups is 1. The lowest BCUT2D eigenvalue weighted by Crippen LogP contribution is -2.27. The van der Waals surface area contributed by atoms with Gasteiger partial charge in [-0.2, -0.15) is 9.97 Å². The van der Waals surface area contributed by atoms with Gasteiger partial charge in [-0.15, -0.1) is 0 Å². The number of alkyl halides is 2. The van der Waals surface area contributed by atoms with Crippen LogP contribution in [0.15, 0.2) is 29.2 Å². The second kappa shape index (κ2) is 8.68. The Balaban J connectivity index is 1.93. The molecule has 0 atom stereocenters. The fourth-order valence-corrected chi connectivity index (χ4v) is 4.21. The lowest BCUT2D eigenvalue weighted by Gasteiger charge is -2.23. The van der Waals surface area contributed by atoms with Crippen LogP contribution in [-0.4, -0.2) is 50.3 Å². The highest BCUT2D eigenvalue weighted by Crippen LogP contribution is 2.36. The van der Waals surface area contributed by atoms with Crippen molar-refractivity contribution in [2.24, 2.45) is 5.41 Å². The normalized spacial score (nSPS) is 16.2. The number of hydrogen-bond acceptors (Lipinski definition) is 8. The molecular formula is C21H29F2N5O3S. The van der Waals surface area contributed by atoms with Crippen molar-refractivity contribution >= 4 is 27.2 Å². The van der Waals surface area contributed by atoms with Gasteiger partial charge < -0.3 is 20.7 Å². The Labute approximate surface area is 187 Å². The molecule has 0 spiro atoms. The second-order valence-electron chi connectivity index (χ2n) is 9.20. The van der Waals surface area contributed by atoms with Crippen molar-refractivity contribution in [3.63, 3.8) is 0 Å². The summed E-state index contributed by atoms with van der Waals surface area (Å²) in [5, 5.41) is 3.03. The Kier molecular flexibility index (Phi) is 6.50. The van der Waals surface area contributed by atoms with Gasteiger partial charge in [-0.05, 0) is 17.0 Å². The summed E-state index contributed by atoms with van der Waals surface area (Å²) >= 11 is 0. The van der Waals surface area contributed by atoms with Gasteiger partial charge in [0.05, 0.1) is 18.0 Å². The van der Waals surface area contributed by atoms with Crippen molar-refractivity contribution < 1.29 is 21.9 Å². The van der Waals surface area contributed by atoms with E-state index in [2.05, 4.69) is 15.3 Å². The van der Waals surface area contributed by atoms with E-state index in [1.807, 2.05) is 20.8 Å². The summed E-state index contributed by atoms with van der Waals surface area (Å²) < 4.78 is 57.5. The molecule has 11 heteroatoms. The highest BCUT2D eigenvalue weighted by molar-refractivity contribution is 7.90. The fraction of sp³-hybridized carbons (Fsp3) is 0.524. The number of nitrogens with one attached hydrogen (secondary N) is 1. The molecule has 0 amide bonds. The first-order valence-electron chi connectivity index (χ1n) is 10.2. The van der Waals surface area contributed by atoms with E-state index < -0.39 is 22.3 Å². The van der Waals surface area contributed by atoms with Crippen LogP contribution in [0.4, 0.5) is 26.1 Å². The van der Waals surface area contributed by atoms with Crippen LogP contribution >= 0.6 is 0 Å². The minimum Gasteiger partial charge on any atom is -0.463 e. The lowest BCUT2D eigenvalue weighted by molar-refractivity contribution is 0.0256. The van der Waals surface area contributed by atoms with Crippen LogP contribution in [-0.2, 0) is 16.4 Å². The molecule has 1 aliphatic rings. The molecule has 0 unspecified atom stereocenters. The first-order valence-corrected chi connectivity index (χ1v) is 12.1. The summed E-state index contributed by atoms with van der Waals surface area (Å²) in [5.74, 6) is -2.47. The van der Waals surface area contributed by atoms with E-state index >= 15 is 0 Å². The van der Waals surface area contributed by atoms with Gasteiger partial charge >= 0.3 is 6.01 Å². The summed E-state index contributed by atoms with van der Waals surface area (Å²) in [7, 11) is -3.44. The molecule has 0 aliphatic carbocycles. The average Bonchev–Trinajstić information content (AvgIpc) is 3.04. The van der Waals surface area contributed by atoms with Crippen LogP contribution in [0.2, 0.25) is 0 Å². The van der Waals surface area contributed by atoms with E-state index in [4.69, 9.17) is 10.5 Å². The minimum absolute atomic E-state index is 0.0123. The lowest BCUT2D eigenvalue weighted by atomic mass is 9.99. The number of hydrogen-bond donors (Lipinski definition) is 2. The highest BCUT2D eigenvalue weighted by atomic mass is 32.2. The Morgan fingerprint density at radius 1 is 1.25 bits per heavy atom. The number of nitrogens with zero attached hydrogens (tertiary/aromatic N) is 3. The fourth-order valence-electron chi connectivity index (χ4n) is 3.27. The van der Waals surface area contributed by atoms with Crippen molar-refractivity contribution in [2.45, 2.75) is 44.6 Å². The number of halogens is 2. The van der Waals surface area contributed by atoms with Gasteiger partial charge in [-0.3, -0.25) is 0 Å². The van der Waals surface area contributed by atoms with Gasteiger partial charge in [0.25, 0.3) is 5.92 Å². The van der Waals surface area contributed by atoms with Crippen molar-refractivity contribution in [3.05, 3.63) is 29.8 Å². The molecule has 0 bridgehead atoms.